The second kappa shape index (κ2) is 9.15. The predicted molar refractivity (Wildman–Crippen MR) is 112 cm³/mol. The molecule has 1 aliphatic heterocycles. The minimum absolute atomic E-state index is 0.0500. The van der Waals surface area contributed by atoms with E-state index in [1.54, 1.807) is 18.2 Å². The van der Waals surface area contributed by atoms with Crippen molar-refractivity contribution in [1.82, 2.24) is 4.72 Å². The van der Waals surface area contributed by atoms with Crippen molar-refractivity contribution in [2.45, 2.75) is 41.8 Å². The summed E-state index contributed by atoms with van der Waals surface area (Å²) >= 11 is 0. The number of hydrogen-bond acceptors (Lipinski definition) is 8. The van der Waals surface area contributed by atoms with Crippen molar-refractivity contribution in [3.63, 3.8) is 0 Å². The van der Waals surface area contributed by atoms with Crippen LogP contribution >= 0.6 is 0 Å². The summed E-state index contributed by atoms with van der Waals surface area (Å²) in [5.41, 5.74) is 0.894. The minimum atomic E-state index is -3.86. The maximum absolute atomic E-state index is 12.9. The first kappa shape index (κ1) is 22.9. The van der Waals surface area contributed by atoms with Crippen LogP contribution in [0, 0.1) is 0 Å². The van der Waals surface area contributed by atoms with Crippen LogP contribution in [0.1, 0.15) is 6.42 Å². The zero-order valence-electron chi connectivity index (χ0n) is 16.8. The maximum Gasteiger partial charge on any atom is 0.241 e. The number of aliphatic hydroxyl groups excluding tert-OH is 4. The summed E-state index contributed by atoms with van der Waals surface area (Å²) in [6, 6.07) is 10.5. The molecule has 5 atom stereocenters. The number of ether oxygens (including phenoxy) is 1. The quantitative estimate of drug-likeness (QED) is 0.385. The van der Waals surface area contributed by atoms with Gasteiger partial charge in [-0.2, -0.15) is 0 Å². The van der Waals surface area contributed by atoms with Crippen molar-refractivity contribution in [2.24, 2.45) is 0 Å². The van der Waals surface area contributed by atoms with E-state index in [4.69, 9.17) is 4.74 Å². The molecule has 1 fully saturated rings. The highest BCUT2D eigenvalue weighted by Crippen LogP contribution is 2.30. The molecule has 0 saturated carbocycles. The van der Waals surface area contributed by atoms with Crippen LogP contribution in [0.3, 0.4) is 0 Å². The first-order valence-electron chi connectivity index (χ1n) is 9.66. The summed E-state index contributed by atoms with van der Waals surface area (Å²) < 4.78 is 33.8. The van der Waals surface area contributed by atoms with E-state index in [1.165, 1.54) is 6.07 Å². The Morgan fingerprint density at radius 1 is 0.967 bits per heavy atom. The van der Waals surface area contributed by atoms with Crippen LogP contribution in [-0.2, 0) is 14.8 Å². The Hall–Kier alpha value is -1.79. The molecule has 166 valence electrons. The number of rotatable bonds is 7. The first-order chi connectivity index (χ1) is 14.2. The minimum Gasteiger partial charge on any atom is -0.394 e. The normalized spacial score (nSPS) is 27.3. The zero-order chi connectivity index (χ0) is 22.1. The maximum atomic E-state index is 12.9. The van der Waals surface area contributed by atoms with E-state index in [1.807, 2.05) is 31.1 Å². The van der Waals surface area contributed by atoms with Crippen LogP contribution in [-0.4, -0.2) is 86.6 Å². The lowest BCUT2D eigenvalue weighted by molar-refractivity contribution is -0.229. The lowest BCUT2D eigenvalue weighted by Crippen LogP contribution is -2.58. The SMILES string of the molecule is CN(C)c1cccc2c(S(=O)(=O)NCC[C@@H]3O[C@H](CO)[C@H](O)[C@H](O)[C@H]3O)cccc12. The highest BCUT2D eigenvalue weighted by Gasteiger charge is 2.43. The topological polar surface area (TPSA) is 140 Å². The molecule has 1 heterocycles. The average Bonchev–Trinajstić information content (AvgIpc) is 2.72. The van der Waals surface area contributed by atoms with E-state index in [0.717, 1.165) is 11.1 Å². The van der Waals surface area contributed by atoms with E-state index < -0.39 is 47.2 Å². The number of hydrogen-bond donors (Lipinski definition) is 5. The number of anilines is 1. The smallest absolute Gasteiger partial charge is 0.241 e. The molecule has 5 N–H and O–H groups in total. The van der Waals surface area contributed by atoms with Crippen molar-refractivity contribution in [2.75, 3.05) is 32.1 Å². The standard InChI is InChI=1S/C20H28N2O7S/c1-22(2)14-7-3-6-13-12(14)5-4-8-17(13)30(27,28)21-10-9-15-18(24)20(26)19(25)16(11-23)29-15/h3-8,15-16,18-21,23-26H,9-11H2,1-2H3/t15-,16+,18-,19-,20+/m0/s1. The fourth-order valence-corrected chi connectivity index (χ4v) is 4.99. The van der Waals surface area contributed by atoms with Crippen molar-refractivity contribution in [3.05, 3.63) is 36.4 Å². The number of benzene rings is 2. The Morgan fingerprint density at radius 3 is 2.27 bits per heavy atom. The van der Waals surface area contributed by atoms with Gasteiger partial charge >= 0.3 is 0 Å². The molecule has 2 aromatic carbocycles. The zero-order valence-corrected chi connectivity index (χ0v) is 17.7. The van der Waals surface area contributed by atoms with Gasteiger partial charge in [0.1, 0.15) is 24.4 Å². The molecule has 0 aromatic heterocycles. The van der Waals surface area contributed by atoms with Crippen LogP contribution in [0.15, 0.2) is 41.3 Å². The lowest BCUT2D eigenvalue weighted by atomic mass is 9.94. The third-order valence-corrected chi connectivity index (χ3v) is 6.86. The average molecular weight is 441 g/mol. The Kier molecular flexibility index (Phi) is 6.98. The molecule has 0 amide bonds. The fourth-order valence-electron chi connectivity index (χ4n) is 3.72. The van der Waals surface area contributed by atoms with Crippen molar-refractivity contribution in [3.8, 4) is 0 Å². The van der Waals surface area contributed by atoms with Crippen LogP contribution in [0.25, 0.3) is 10.8 Å². The predicted octanol–water partition coefficient (Wildman–Crippen LogP) is -0.583. The fraction of sp³-hybridized carbons (Fsp3) is 0.500. The number of fused-ring (bicyclic) bond motifs is 1. The molecular weight excluding hydrogens is 412 g/mol. The van der Waals surface area contributed by atoms with Crippen molar-refractivity contribution in [1.29, 1.82) is 0 Å². The molecule has 10 heteroatoms. The molecular formula is C20H28N2O7S. The third kappa shape index (κ3) is 4.45. The molecule has 0 unspecified atom stereocenters. The largest absolute Gasteiger partial charge is 0.394 e. The molecule has 0 bridgehead atoms. The van der Waals surface area contributed by atoms with Gasteiger partial charge < -0.3 is 30.1 Å². The summed E-state index contributed by atoms with van der Waals surface area (Å²) in [6.07, 6.45) is -6.23. The molecule has 1 aliphatic rings. The monoisotopic (exact) mass is 440 g/mol. The molecule has 0 spiro atoms. The molecule has 1 saturated heterocycles. The summed E-state index contributed by atoms with van der Waals surface area (Å²) in [4.78, 5) is 2.04. The van der Waals surface area contributed by atoms with E-state index >= 15 is 0 Å². The summed E-state index contributed by atoms with van der Waals surface area (Å²) in [5.74, 6) is 0. The van der Waals surface area contributed by atoms with Gasteiger partial charge in [0.2, 0.25) is 10.0 Å². The first-order valence-corrected chi connectivity index (χ1v) is 11.1. The molecule has 0 aliphatic carbocycles. The molecule has 0 radical (unpaired) electrons. The Morgan fingerprint density at radius 2 is 1.60 bits per heavy atom. The second-order valence-corrected chi connectivity index (χ2v) is 9.31. The molecule has 30 heavy (non-hydrogen) atoms. The summed E-state index contributed by atoms with van der Waals surface area (Å²) in [7, 11) is -0.0908. The van der Waals surface area contributed by atoms with E-state index in [0.29, 0.717) is 5.39 Å². The second-order valence-electron chi connectivity index (χ2n) is 7.58. The number of sulfonamides is 1. The number of nitrogens with zero attached hydrogens (tertiary/aromatic N) is 1. The highest BCUT2D eigenvalue weighted by atomic mass is 32.2. The van der Waals surface area contributed by atoms with Crippen molar-refractivity contribution < 1.29 is 33.6 Å². The van der Waals surface area contributed by atoms with Crippen LogP contribution in [0.5, 0.6) is 0 Å². The van der Waals surface area contributed by atoms with Gasteiger partial charge in [0, 0.05) is 37.1 Å². The Balaban J connectivity index is 1.76. The number of nitrogens with one attached hydrogen (secondary N) is 1. The van der Waals surface area contributed by atoms with Crippen LogP contribution in [0.4, 0.5) is 5.69 Å². The summed E-state index contributed by atoms with van der Waals surface area (Å²) in [6.45, 7) is -0.591. The third-order valence-electron chi connectivity index (χ3n) is 5.34. The van der Waals surface area contributed by atoms with Crippen LogP contribution < -0.4 is 9.62 Å². The lowest BCUT2D eigenvalue weighted by Gasteiger charge is -2.40. The van der Waals surface area contributed by atoms with Gasteiger partial charge in [-0.3, -0.25) is 0 Å². The van der Waals surface area contributed by atoms with E-state index in [-0.39, 0.29) is 17.9 Å². The van der Waals surface area contributed by atoms with Gasteiger partial charge in [-0.15, -0.1) is 0 Å². The molecule has 2 aromatic rings. The van der Waals surface area contributed by atoms with Gasteiger partial charge in [0.05, 0.1) is 17.6 Å². The van der Waals surface area contributed by atoms with Gasteiger partial charge in [0.15, 0.2) is 0 Å². The van der Waals surface area contributed by atoms with Gasteiger partial charge in [0.25, 0.3) is 0 Å². The van der Waals surface area contributed by atoms with Crippen molar-refractivity contribution >= 4 is 26.5 Å². The molecule has 3 rings (SSSR count). The van der Waals surface area contributed by atoms with E-state index in [9.17, 15) is 28.8 Å². The Labute approximate surface area is 175 Å². The molecule has 9 nitrogen and oxygen atoms in total. The van der Waals surface area contributed by atoms with Crippen LogP contribution in [0.2, 0.25) is 0 Å². The summed E-state index contributed by atoms with van der Waals surface area (Å²) in [5, 5.41) is 40.4. The van der Waals surface area contributed by atoms with Gasteiger partial charge in [-0.05, 0) is 18.6 Å². The Bertz CT molecular complexity index is 980. The van der Waals surface area contributed by atoms with Gasteiger partial charge in [-0.1, -0.05) is 24.3 Å². The number of aliphatic hydroxyl groups is 4. The van der Waals surface area contributed by atoms with Gasteiger partial charge in [-0.25, -0.2) is 13.1 Å². The highest BCUT2D eigenvalue weighted by molar-refractivity contribution is 7.89. The van der Waals surface area contributed by atoms with E-state index in [2.05, 4.69) is 4.72 Å².